The third-order valence-corrected chi connectivity index (χ3v) is 9.45. The average molecular weight is 366 g/mol. The van der Waals surface area contributed by atoms with Crippen LogP contribution in [0.4, 0.5) is 0 Å². The molecule has 1 aliphatic rings. The Balaban J connectivity index is 2.14. The van der Waals surface area contributed by atoms with Crippen molar-refractivity contribution in [1.29, 1.82) is 0 Å². The molecule has 1 aromatic rings. The van der Waals surface area contributed by atoms with E-state index in [1.165, 1.54) is 0 Å². The van der Waals surface area contributed by atoms with Crippen molar-refractivity contribution in [3.8, 4) is 0 Å². The lowest BCUT2D eigenvalue weighted by Crippen LogP contribution is -2.43. The van der Waals surface area contributed by atoms with Crippen molar-refractivity contribution in [2.24, 2.45) is 4.99 Å². The molecule has 0 unspecified atom stereocenters. The first-order valence-corrected chi connectivity index (χ1v) is 11.9. The molecule has 0 bridgehead atoms. The largest absolute Gasteiger partial charge is 0.468 e. The van der Waals surface area contributed by atoms with Crippen LogP contribution in [0.1, 0.15) is 26.3 Å². The smallest absolute Gasteiger partial charge is 0.217 e. The van der Waals surface area contributed by atoms with E-state index in [0.717, 1.165) is 5.56 Å². The minimum absolute atomic E-state index is 0.0335. The van der Waals surface area contributed by atoms with Crippen LogP contribution in [0.15, 0.2) is 47.5 Å². The van der Waals surface area contributed by atoms with E-state index in [1.54, 1.807) is 0 Å². The number of nitrogens with zero attached hydrogens (tertiary/aromatic N) is 1. The zero-order valence-electron chi connectivity index (χ0n) is 15.3. The summed E-state index contributed by atoms with van der Waals surface area (Å²) in [5.74, 6) is 1.15. The van der Waals surface area contributed by atoms with E-state index in [0.29, 0.717) is 18.4 Å². The summed E-state index contributed by atoms with van der Waals surface area (Å²) in [6, 6.07) is 9.96. The first kappa shape index (κ1) is 19.2. The highest BCUT2D eigenvalue weighted by Crippen LogP contribution is 2.37. The van der Waals surface area contributed by atoms with Crippen LogP contribution in [0.3, 0.4) is 0 Å². The molecule has 0 aromatic heterocycles. The van der Waals surface area contributed by atoms with E-state index in [9.17, 15) is 0 Å². The molecule has 1 heterocycles. The lowest BCUT2D eigenvalue weighted by atomic mass is 10.2. The zero-order valence-corrected chi connectivity index (χ0v) is 17.0. The van der Waals surface area contributed by atoms with Gasteiger partial charge in [-0.25, -0.2) is 4.99 Å². The normalized spacial score (nSPS) is 21.8. The molecule has 0 saturated carbocycles. The summed E-state index contributed by atoms with van der Waals surface area (Å²) < 4.78 is 12.4. The summed E-state index contributed by atoms with van der Waals surface area (Å²) >= 11 is 5.79. The van der Waals surface area contributed by atoms with Crippen LogP contribution in [0.25, 0.3) is 0 Å². The average Bonchev–Trinajstić information content (AvgIpc) is 2.94. The molecule has 1 aliphatic heterocycles. The molecule has 0 spiro atoms. The fraction of sp³-hybridized carbons (Fsp3) is 0.526. The summed E-state index contributed by atoms with van der Waals surface area (Å²) in [4.78, 5) is 4.78. The van der Waals surface area contributed by atoms with Gasteiger partial charge in [0.05, 0.1) is 6.61 Å². The summed E-state index contributed by atoms with van der Waals surface area (Å²) in [5.41, 5.74) is 0.997. The second kappa shape index (κ2) is 7.85. The molecule has 0 aliphatic carbocycles. The van der Waals surface area contributed by atoms with Gasteiger partial charge in [-0.3, -0.25) is 0 Å². The predicted octanol–water partition coefficient (Wildman–Crippen LogP) is 5.02. The summed E-state index contributed by atoms with van der Waals surface area (Å²) in [6.07, 6.45) is 3.78. The number of hydrogen-bond donors (Lipinski definition) is 0. The second-order valence-corrected chi connectivity index (χ2v) is 12.7. The molecule has 0 N–H and O–H groups in total. The molecule has 2 atom stereocenters. The van der Waals surface area contributed by atoms with E-state index in [-0.39, 0.29) is 17.2 Å². The van der Waals surface area contributed by atoms with E-state index in [4.69, 9.17) is 25.8 Å². The van der Waals surface area contributed by atoms with Gasteiger partial charge in [0.1, 0.15) is 12.1 Å². The van der Waals surface area contributed by atoms with Gasteiger partial charge in [0, 0.05) is 11.4 Å². The van der Waals surface area contributed by atoms with Gasteiger partial charge in [0.2, 0.25) is 5.90 Å². The number of allylic oxidation sites excluding steroid dienone is 1. The number of benzene rings is 1. The van der Waals surface area contributed by atoms with Gasteiger partial charge in [0.25, 0.3) is 0 Å². The van der Waals surface area contributed by atoms with Crippen molar-refractivity contribution >= 4 is 25.8 Å². The fourth-order valence-electron chi connectivity index (χ4n) is 2.18. The molecule has 5 heteroatoms. The molecule has 2 rings (SSSR count). The van der Waals surface area contributed by atoms with Crippen molar-refractivity contribution in [1.82, 2.24) is 0 Å². The highest BCUT2D eigenvalue weighted by atomic mass is 35.5. The van der Waals surface area contributed by atoms with Crippen LogP contribution in [-0.2, 0) is 9.16 Å². The van der Waals surface area contributed by atoms with Crippen molar-refractivity contribution < 1.29 is 9.16 Å². The number of halogens is 1. The van der Waals surface area contributed by atoms with Gasteiger partial charge >= 0.3 is 0 Å². The van der Waals surface area contributed by atoms with Crippen molar-refractivity contribution in [2.75, 3.05) is 12.5 Å². The minimum atomic E-state index is -1.81. The number of ether oxygens (including phenoxy) is 1. The maximum Gasteiger partial charge on any atom is 0.217 e. The van der Waals surface area contributed by atoms with Crippen LogP contribution < -0.4 is 0 Å². The van der Waals surface area contributed by atoms with Gasteiger partial charge in [-0.05, 0) is 36.3 Å². The van der Waals surface area contributed by atoms with Gasteiger partial charge in [-0.2, -0.15) is 0 Å². The number of hydrogen-bond acceptors (Lipinski definition) is 3. The Kier molecular flexibility index (Phi) is 6.29. The van der Waals surface area contributed by atoms with Crippen LogP contribution in [0.2, 0.25) is 18.1 Å². The summed E-state index contributed by atoms with van der Waals surface area (Å²) in [6.45, 7) is 11.8. The van der Waals surface area contributed by atoms with Crippen molar-refractivity contribution in [3.63, 3.8) is 0 Å². The van der Waals surface area contributed by atoms with Crippen LogP contribution >= 0.6 is 11.6 Å². The molecular formula is C19H28ClNO2Si. The van der Waals surface area contributed by atoms with Crippen LogP contribution in [0.5, 0.6) is 0 Å². The first-order valence-electron chi connectivity index (χ1n) is 8.41. The number of alkyl halides is 1. The van der Waals surface area contributed by atoms with Crippen molar-refractivity contribution in [2.45, 2.75) is 51.0 Å². The maximum atomic E-state index is 6.36. The quantitative estimate of drug-likeness (QED) is 0.402. The monoisotopic (exact) mass is 365 g/mol. The molecule has 0 saturated heterocycles. The lowest BCUT2D eigenvalue weighted by molar-refractivity contribution is 0.186. The zero-order chi connectivity index (χ0) is 17.8. The second-order valence-electron chi connectivity index (χ2n) is 7.60. The van der Waals surface area contributed by atoms with E-state index >= 15 is 0 Å². The molecule has 0 radical (unpaired) electrons. The van der Waals surface area contributed by atoms with E-state index in [1.807, 2.05) is 42.5 Å². The molecule has 24 heavy (non-hydrogen) atoms. The topological polar surface area (TPSA) is 30.8 Å². The molecular weight excluding hydrogens is 338 g/mol. The molecule has 0 fully saturated rings. The van der Waals surface area contributed by atoms with Crippen LogP contribution in [-0.4, -0.2) is 38.8 Å². The Morgan fingerprint density at radius 2 is 1.92 bits per heavy atom. The summed E-state index contributed by atoms with van der Waals surface area (Å²) in [7, 11) is -1.81. The predicted molar refractivity (Wildman–Crippen MR) is 105 cm³/mol. The Hall–Kier alpha value is -1.10. The Labute approximate surface area is 151 Å². The number of rotatable bonds is 6. The molecule has 3 nitrogen and oxygen atoms in total. The van der Waals surface area contributed by atoms with Gasteiger partial charge in [0.15, 0.2) is 8.32 Å². The van der Waals surface area contributed by atoms with Gasteiger partial charge < -0.3 is 9.16 Å². The standard InChI is InChI=1S/C19H28ClNO2Si/c1-19(2,3)24(4,5)22-14-16-17(12-9-13-20)23-18(21-16)15-10-7-6-8-11-15/h6-12,16-17H,13-14H2,1-5H3/b12-9+/t16-,17-/m1/s1. The SMILES string of the molecule is CC(C)(C)[Si](C)(C)OC[C@H]1N=C(c2ccccc2)O[C@@H]1/C=C/CCl. The lowest BCUT2D eigenvalue weighted by Gasteiger charge is -2.36. The van der Waals surface area contributed by atoms with Gasteiger partial charge in [-0.15, -0.1) is 11.6 Å². The Bertz CT molecular complexity index is 593. The minimum Gasteiger partial charge on any atom is -0.468 e. The molecule has 0 amide bonds. The maximum absolute atomic E-state index is 6.36. The third kappa shape index (κ3) is 4.71. The highest BCUT2D eigenvalue weighted by molar-refractivity contribution is 6.74. The van der Waals surface area contributed by atoms with Gasteiger partial charge in [-0.1, -0.05) is 45.0 Å². The Morgan fingerprint density at radius 1 is 1.25 bits per heavy atom. The van der Waals surface area contributed by atoms with Crippen LogP contribution in [0, 0.1) is 0 Å². The molecule has 1 aromatic carbocycles. The highest BCUT2D eigenvalue weighted by Gasteiger charge is 2.39. The number of aliphatic imine (C=N–C) groups is 1. The van der Waals surface area contributed by atoms with Crippen molar-refractivity contribution in [3.05, 3.63) is 48.0 Å². The first-order chi connectivity index (χ1) is 11.2. The summed E-state index contributed by atoms with van der Waals surface area (Å²) in [5, 5.41) is 0.180. The fourth-order valence-corrected chi connectivity index (χ4v) is 3.30. The third-order valence-electron chi connectivity index (χ3n) is 4.77. The molecule has 132 valence electrons. The van der Waals surface area contributed by atoms with E-state index in [2.05, 4.69) is 33.9 Å². The Morgan fingerprint density at radius 3 is 2.50 bits per heavy atom. The van der Waals surface area contributed by atoms with E-state index < -0.39 is 8.32 Å².